The fraction of sp³-hybridized carbons (Fsp3) is 0.385. The first kappa shape index (κ1) is 20.1. The maximum atomic E-state index is 13.2. The third kappa shape index (κ3) is 4.33. The Morgan fingerprint density at radius 3 is 2.74 bits per heavy atom. The SMILES string of the molecule is O=C(c1ccc2ncccc2c1)N1CCC2(CC1)CC(Cc1ccc(F)cc1)CCO2. The minimum atomic E-state index is -0.188. The quantitative estimate of drug-likeness (QED) is 0.600. The van der Waals surface area contributed by atoms with Gasteiger partial charge in [0, 0.05) is 36.8 Å². The van der Waals surface area contributed by atoms with Gasteiger partial charge in [0.2, 0.25) is 0 Å². The zero-order valence-corrected chi connectivity index (χ0v) is 17.6. The maximum absolute atomic E-state index is 13.2. The molecular weight excluding hydrogens is 391 g/mol. The first-order valence-corrected chi connectivity index (χ1v) is 11.1. The third-order valence-electron chi connectivity index (χ3n) is 6.84. The van der Waals surface area contributed by atoms with Crippen molar-refractivity contribution in [2.24, 2.45) is 5.92 Å². The summed E-state index contributed by atoms with van der Waals surface area (Å²) < 4.78 is 19.5. The van der Waals surface area contributed by atoms with Crippen LogP contribution in [0.3, 0.4) is 0 Å². The van der Waals surface area contributed by atoms with E-state index in [1.807, 2.05) is 47.4 Å². The summed E-state index contributed by atoms with van der Waals surface area (Å²) >= 11 is 0. The minimum absolute atomic E-state index is 0.0827. The lowest BCUT2D eigenvalue weighted by Gasteiger charge is -2.46. The van der Waals surface area contributed by atoms with E-state index in [1.54, 1.807) is 6.20 Å². The molecule has 2 aliphatic heterocycles. The van der Waals surface area contributed by atoms with E-state index in [0.29, 0.717) is 19.0 Å². The number of halogens is 1. The van der Waals surface area contributed by atoms with Gasteiger partial charge in [0.1, 0.15) is 5.82 Å². The number of hydrogen-bond donors (Lipinski definition) is 0. The molecule has 1 atom stereocenters. The average Bonchev–Trinajstić information content (AvgIpc) is 2.80. The van der Waals surface area contributed by atoms with Gasteiger partial charge in [0.25, 0.3) is 5.91 Å². The van der Waals surface area contributed by atoms with Crippen LogP contribution in [0.25, 0.3) is 10.9 Å². The number of carbonyl (C=O) groups excluding carboxylic acids is 1. The summed E-state index contributed by atoms with van der Waals surface area (Å²) in [5.74, 6) is 0.431. The molecule has 31 heavy (non-hydrogen) atoms. The number of amides is 1. The van der Waals surface area contributed by atoms with Crippen LogP contribution in [0.15, 0.2) is 60.8 Å². The smallest absolute Gasteiger partial charge is 0.253 e. The molecule has 1 spiro atoms. The van der Waals surface area contributed by atoms with Crippen LogP contribution >= 0.6 is 0 Å². The van der Waals surface area contributed by atoms with E-state index in [0.717, 1.165) is 55.2 Å². The number of aromatic nitrogens is 1. The highest BCUT2D eigenvalue weighted by Crippen LogP contribution is 2.39. The van der Waals surface area contributed by atoms with Gasteiger partial charge in [-0.3, -0.25) is 9.78 Å². The highest BCUT2D eigenvalue weighted by Gasteiger charge is 2.41. The Balaban J connectivity index is 1.22. The summed E-state index contributed by atoms with van der Waals surface area (Å²) in [6.45, 7) is 2.19. The molecule has 0 N–H and O–H groups in total. The largest absolute Gasteiger partial charge is 0.375 e. The monoisotopic (exact) mass is 418 g/mol. The number of benzene rings is 2. The van der Waals surface area contributed by atoms with Crippen molar-refractivity contribution in [3.05, 3.63) is 77.7 Å². The fourth-order valence-electron chi connectivity index (χ4n) is 5.11. The third-order valence-corrected chi connectivity index (χ3v) is 6.84. The lowest BCUT2D eigenvalue weighted by atomic mass is 9.77. The van der Waals surface area contributed by atoms with Crippen molar-refractivity contribution in [1.29, 1.82) is 0 Å². The normalized spacial score (nSPS) is 20.8. The minimum Gasteiger partial charge on any atom is -0.375 e. The molecule has 5 heteroatoms. The van der Waals surface area contributed by atoms with Crippen molar-refractivity contribution >= 4 is 16.8 Å². The Bertz CT molecular complexity index is 1070. The number of nitrogens with zero attached hydrogens (tertiary/aromatic N) is 2. The van der Waals surface area contributed by atoms with E-state index in [-0.39, 0.29) is 17.3 Å². The summed E-state index contributed by atoms with van der Waals surface area (Å²) in [6, 6.07) is 16.5. The highest BCUT2D eigenvalue weighted by molar-refractivity contribution is 5.98. The van der Waals surface area contributed by atoms with Gasteiger partial charge in [-0.25, -0.2) is 4.39 Å². The van der Waals surface area contributed by atoms with Gasteiger partial charge in [-0.2, -0.15) is 0 Å². The molecular formula is C26H27FN2O2. The lowest BCUT2D eigenvalue weighted by molar-refractivity contribution is -0.123. The molecule has 3 aromatic rings. The van der Waals surface area contributed by atoms with Crippen LogP contribution in [0.2, 0.25) is 0 Å². The van der Waals surface area contributed by atoms with Crippen LogP contribution in [-0.4, -0.2) is 41.1 Å². The Hall–Kier alpha value is -2.79. The van der Waals surface area contributed by atoms with Crippen molar-refractivity contribution in [3.63, 3.8) is 0 Å². The molecule has 0 bridgehead atoms. The second kappa shape index (κ2) is 8.39. The topological polar surface area (TPSA) is 42.4 Å². The van der Waals surface area contributed by atoms with Crippen molar-refractivity contribution in [3.8, 4) is 0 Å². The van der Waals surface area contributed by atoms with E-state index in [1.165, 1.54) is 17.7 Å². The van der Waals surface area contributed by atoms with Gasteiger partial charge in [-0.1, -0.05) is 18.2 Å². The zero-order valence-electron chi connectivity index (χ0n) is 17.6. The van der Waals surface area contributed by atoms with Gasteiger partial charge >= 0.3 is 0 Å². The van der Waals surface area contributed by atoms with Crippen LogP contribution in [0.5, 0.6) is 0 Å². The number of hydrogen-bond acceptors (Lipinski definition) is 3. The molecule has 2 saturated heterocycles. The van der Waals surface area contributed by atoms with Gasteiger partial charge in [-0.05, 0) is 80.0 Å². The van der Waals surface area contributed by atoms with Gasteiger partial charge in [-0.15, -0.1) is 0 Å². The van der Waals surface area contributed by atoms with E-state index < -0.39 is 0 Å². The number of ether oxygens (including phenoxy) is 1. The molecule has 2 aliphatic rings. The Kier molecular flexibility index (Phi) is 5.45. The molecule has 2 aromatic carbocycles. The van der Waals surface area contributed by atoms with Crippen LogP contribution < -0.4 is 0 Å². The Morgan fingerprint density at radius 2 is 1.94 bits per heavy atom. The summed E-state index contributed by atoms with van der Waals surface area (Å²) in [5, 5.41) is 0.987. The molecule has 1 amide bonds. The molecule has 0 saturated carbocycles. The molecule has 5 rings (SSSR count). The molecule has 0 aliphatic carbocycles. The zero-order chi connectivity index (χ0) is 21.3. The molecule has 1 aromatic heterocycles. The number of fused-ring (bicyclic) bond motifs is 1. The summed E-state index contributed by atoms with van der Waals surface area (Å²) in [5.41, 5.74) is 2.67. The molecule has 4 nitrogen and oxygen atoms in total. The lowest BCUT2D eigenvalue weighted by Crippen LogP contribution is -2.51. The highest BCUT2D eigenvalue weighted by atomic mass is 19.1. The molecule has 3 heterocycles. The molecule has 0 radical (unpaired) electrons. The number of piperidine rings is 1. The fourth-order valence-corrected chi connectivity index (χ4v) is 5.11. The van der Waals surface area contributed by atoms with Crippen molar-refractivity contribution < 1.29 is 13.9 Å². The number of carbonyl (C=O) groups is 1. The van der Waals surface area contributed by atoms with Crippen LogP contribution in [0.4, 0.5) is 4.39 Å². The van der Waals surface area contributed by atoms with Crippen LogP contribution in [-0.2, 0) is 11.2 Å². The molecule has 1 unspecified atom stereocenters. The number of rotatable bonds is 3. The van der Waals surface area contributed by atoms with Crippen LogP contribution in [0.1, 0.15) is 41.6 Å². The molecule has 2 fully saturated rings. The van der Waals surface area contributed by atoms with E-state index in [2.05, 4.69) is 4.98 Å². The average molecular weight is 419 g/mol. The summed E-state index contributed by atoms with van der Waals surface area (Å²) in [4.78, 5) is 19.4. The van der Waals surface area contributed by atoms with Crippen molar-refractivity contribution in [2.75, 3.05) is 19.7 Å². The predicted molar refractivity (Wildman–Crippen MR) is 118 cm³/mol. The first-order valence-electron chi connectivity index (χ1n) is 11.1. The molecule has 160 valence electrons. The van der Waals surface area contributed by atoms with Crippen molar-refractivity contribution in [1.82, 2.24) is 9.88 Å². The van der Waals surface area contributed by atoms with Gasteiger partial charge in [0.15, 0.2) is 0 Å². The number of likely N-dealkylation sites (tertiary alicyclic amines) is 1. The van der Waals surface area contributed by atoms with E-state index >= 15 is 0 Å². The Labute approximate surface area is 182 Å². The van der Waals surface area contributed by atoms with E-state index in [9.17, 15) is 9.18 Å². The van der Waals surface area contributed by atoms with Crippen molar-refractivity contribution in [2.45, 2.75) is 37.7 Å². The summed E-state index contributed by atoms with van der Waals surface area (Å²) in [6.07, 6.45) is 6.50. The predicted octanol–water partition coefficient (Wildman–Crippen LogP) is 5.02. The van der Waals surface area contributed by atoms with E-state index in [4.69, 9.17) is 4.74 Å². The van der Waals surface area contributed by atoms with Crippen LogP contribution in [0, 0.1) is 11.7 Å². The summed E-state index contributed by atoms with van der Waals surface area (Å²) in [7, 11) is 0. The second-order valence-corrected chi connectivity index (χ2v) is 8.92. The van der Waals surface area contributed by atoms with Gasteiger partial charge < -0.3 is 9.64 Å². The maximum Gasteiger partial charge on any atom is 0.253 e. The number of pyridine rings is 1. The first-order chi connectivity index (χ1) is 15.1. The van der Waals surface area contributed by atoms with Gasteiger partial charge in [0.05, 0.1) is 11.1 Å². The second-order valence-electron chi connectivity index (χ2n) is 8.92. The Morgan fingerprint density at radius 1 is 1.13 bits per heavy atom. The standard InChI is InChI=1S/C26H27FN2O2/c27-23-6-3-19(4-7-23)16-20-9-15-31-26(18-20)10-13-29(14-11-26)25(30)22-5-8-24-21(17-22)2-1-12-28-24/h1-8,12,17,20H,9-11,13-16,18H2.